The molecule has 232 valence electrons. The van der Waals surface area contributed by atoms with Crippen molar-refractivity contribution in [2.24, 2.45) is 0 Å². The lowest BCUT2D eigenvalue weighted by atomic mass is 9.84. The van der Waals surface area contributed by atoms with Crippen LogP contribution in [0.3, 0.4) is 0 Å². The van der Waals surface area contributed by atoms with E-state index in [1.165, 1.54) is 0 Å². The number of ether oxygens (including phenoxy) is 3. The van der Waals surface area contributed by atoms with Crippen molar-refractivity contribution in [3.63, 3.8) is 0 Å². The maximum Gasteiger partial charge on any atom is 0.407 e. The highest BCUT2D eigenvalue weighted by atomic mass is 127. The average molecular weight is 718 g/mol. The van der Waals surface area contributed by atoms with Gasteiger partial charge in [0.25, 0.3) is 0 Å². The molecule has 0 spiro atoms. The minimum absolute atomic E-state index is 0.121. The summed E-state index contributed by atoms with van der Waals surface area (Å²) in [5.41, 5.74) is 1.43. The molecule has 2 heterocycles. The molecule has 12 heteroatoms. The third-order valence-electron chi connectivity index (χ3n) is 7.11. The SMILES string of the molecule is CC(C)(C)OC(=O)N[C@H]1CC[C@@H](c2cc(N(COCC[Si](C)(C)C)COCC[Si](C)(C)C)n3ncc(I)c3n2)CC1. The van der Waals surface area contributed by atoms with Crippen molar-refractivity contribution in [1.82, 2.24) is 19.9 Å². The minimum atomic E-state index is -1.19. The van der Waals surface area contributed by atoms with Crippen LogP contribution in [-0.4, -0.2) is 75.2 Å². The monoisotopic (exact) mass is 717 g/mol. The van der Waals surface area contributed by atoms with Crippen LogP contribution in [0.25, 0.3) is 5.65 Å². The summed E-state index contributed by atoms with van der Waals surface area (Å²) >= 11 is 2.32. The summed E-state index contributed by atoms with van der Waals surface area (Å²) in [5.74, 6) is 1.26. The number of nitrogens with one attached hydrogen (secondary N) is 1. The van der Waals surface area contributed by atoms with Crippen LogP contribution in [0.4, 0.5) is 10.6 Å². The first-order valence-electron chi connectivity index (χ1n) is 14.9. The van der Waals surface area contributed by atoms with Gasteiger partial charge >= 0.3 is 6.09 Å². The van der Waals surface area contributed by atoms with E-state index in [2.05, 4.69) is 83.3 Å². The number of hydrogen-bond donors (Lipinski definition) is 1. The third-order valence-corrected chi connectivity index (χ3v) is 11.3. The Kier molecular flexibility index (Phi) is 12.1. The van der Waals surface area contributed by atoms with Crippen LogP contribution in [0.2, 0.25) is 51.4 Å². The Hall–Kier alpha value is -1.23. The zero-order valence-corrected chi connectivity index (χ0v) is 30.8. The maximum atomic E-state index is 12.3. The van der Waals surface area contributed by atoms with Crippen LogP contribution in [0.1, 0.15) is 58.1 Å². The largest absolute Gasteiger partial charge is 0.444 e. The van der Waals surface area contributed by atoms with E-state index < -0.39 is 21.7 Å². The van der Waals surface area contributed by atoms with Crippen LogP contribution in [0.15, 0.2) is 12.3 Å². The standard InChI is InChI=1S/C29H52IN5O4Si2/c1-29(2,3)39-28(36)32-23-12-10-22(11-13-23)25-18-26(35-27(33-25)24(30)19-31-35)34(20-37-14-16-40(4,5)6)21-38-15-17-41(7,8)9/h18-19,22-23H,10-17,20-21H2,1-9H3,(H,32,36)/t22-,23+. The van der Waals surface area contributed by atoms with Gasteiger partial charge in [0.05, 0.1) is 9.77 Å². The second-order valence-corrected chi connectivity index (χ2v) is 27.1. The highest BCUT2D eigenvalue weighted by molar-refractivity contribution is 14.1. The van der Waals surface area contributed by atoms with Gasteiger partial charge in [0.2, 0.25) is 0 Å². The number of amides is 1. The van der Waals surface area contributed by atoms with E-state index >= 15 is 0 Å². The van der Waals surface area contributed by atoms with Crippen LogP contribution < -0.4 is 10.2 Å². The normalized spacial score (nSPS) is 18.5. The van der Waals surface area contributed by atoms with Crippen molar-refractivity contribution in [2.45, 2.75) is 115 Å². The van der Waals surface area contributed by atoms with Crippen molar-refractivity contribution >= 4 is 56.3 Å². The lowest BCUT2D eigenvalue weighted by Crippen LogP contribution is -2.40. The number of fused-ring (bicyclic) bond motifs is 1. The van der Waals surface area contributed by atoms with Crippen LogP contribution in [0, 0.1) is 3.57 Å². The average Bonchev–Trinajstić information content (AvgIpc) is 3.21. The van der Waals surface area contributed by atoms with Gasteiger partial charge in [-0.1, -0.05) is 39.3 Å². The predicted octanol–water partition coefficient (Wildman–Crippen LogP) is 7.32. The molecule has 9 nitrogen and oxygen atoms in total. The molecule has 1 fully saturated rings. The van der Waals surface area contributed by atoms with Crippen molar-refractivity contribution in [2.75, 3.05) is 31.6 Å². The summed E-state index contributed by atoms with van der Waals surface area (Å²) in [6.07, 6.45) is 5.22. The van der Waals surface area contributed by atoms with Gasteiger partial charge in [0.1, 0.15) is 24.9 Å². The highest BCUT2D eigenvalue weighted by Gasteiger charge is 2.28. The zero-order chi connectivity index (χ0) is 30.4. The number of hydrogen-bond acceptors (Lipinski definition) is 7. The summed E-state index contributed by atoms with van der Waals surface area (Å²) in [7, 11) is -2.39. The summed E-state index contributed by atoms with van der Waals surface area (Å²) < 4.78 is 20.9. The van der Waals surface area contributed by atoms with Crippen LogP contribution in [-0.2, 0) is 14.2 Å². The van der Waals surface area contributed by atoms with Crippen molar-refractivity contribution in [3.8, 4) is 0 Å². The quantitative estimate of drug-likeness (QED) is 0.101. The van der Waals surface area contributed by atoms with Gasteiger partial charge in [-0.2, -0.15) is 9.61 Å². The molecular formula is C29H52IN5O4Si2. The first-order chi connectivity index (χ1) is 19.0. The van der Waals surface area contributed by atoms with E-state index in [4.69, 9.17) is 19.2 Å². The molecular weight excluding hydrogens is 665 g/mol. The van der Waals surface area contributed by atoms with Crippen LogP contribution >= 0.6 is 22.6 Å². The molecule has 0 bridgehead atoms. The fourth-order valence-electron chi connectivity index (χ4n) is 4.66. The molecule has 41 heavy (non-hydrogen) atoms. The van der Waals surface area contributed by atoms with Gasteiger partial charge in [0.15, 0.2) is 5.65 Å². The van der Waals surface area contributed by atoms with E-state index in [0.717, 1.165) is 71.7 Å². The second-order valence-electron chi connectivity index (χ2n) is 14.7. The Morgan fingerprint density at radius 1 is 1.02 bits per heavy atom. The van der Waals surface area contributed by atoms with Gasteiger partial charge in [-0.3, -0.25) is 0 Å². The molecule has 1 N–H and O–H groups in total. The number of nitrogens with zero attached hydrogens (tertiary/aromatic N) is 4. The van der Waals surface area contributed by atoms with Gasteiger partial charge in [-0.05, 0) is 81.1 Å². The predicted molar refractivity (Wildman–Crippen MR) is 180 cm³/mol. The number of halogens is 1. The molecule has 2 aromatic rings. The molecule has 1 amide bonds. The Morgan fingerprint density at radius 2 is 1.59 bits per heavy atom. The first kappa shape index (κ1) is 34.3. The maximum absolute atomic E-state index is 12.3. The van der Waals surface area contributed by atoms with Crippen LogP contribution in [0.5, 0.6) is 0 Å². The van der Waals surface area contributed by atoms with Gasteiger partial charge < -0.3 is 24.4 Å². The van der Waals surface area contributed by atoms with E-state index in [1.54, 1.807) is 0 Å². The van der Waals surface area contributed by atoms with E-state index in [0.29, 0.717) is 19.4 Å². The summed E-state index contributed by atoms with van der Waals surface area (Å²) in [5, 5.41) is 7.74. The Morgan fingerprint density at radius 3 is 2.10 bits per heavy atom. The van der Waals surface area contributed by atoms with E-state index in [-0.39, 0.29) is 12.1 Å². The van der Waals surface area contributed by atoms with Crippen molar-refractivity contribution < 1.29 is 19.0 Å². The molecule has 0 saturated heterocycles. The van der Waals surface area contributed by atoms with Gasteiger partial charge in [0, 0.05) is 53.1 Å². The molecule has 0 aliphatic heterocycles. The Labute approximate surface area is 262 Å². The topological polar surface area (TPSA) is 90.2 Å². The minimum Gasteiger partial charge on any atom is -0.444 e. The third kappa shape index (κ3) is 11.8. The van der Waals surface area contributed by atoms with Gasteiger partial charge in [-0.25, -0.2) is 9.78 Å². The molecule has 0 unspecified atom stereocenters. The van der Waals surface area contributed by atoms with Crippen molar-refractivity contribution in [3.05, 3.63) is 21.5 Å². The molecule has 3 rings (SSSR count). The smallest absolute Gasteiger partial charge is 0.407 e. The first-order valence-corrected chi connectivity index (χ1v) is 23.4. The fourth-order valence-corrected chi connectivity index (χ4v) is 6.64. The number of aromatic nitrogens is 3. The summed E-state index contributed by atoms with van der Waals surface area (Å²) in [4.78, 5) is 19.5. The Balaban J connectivity index is 1.77. The molecule has 0 radical (unpaired) electrons. The molecule has 0 atom stereocenters. The second kappa shape index (κ2) is 14.5. The molecule has 2 aromatic heterocycles. The number of carbonyl (C=O) groups excluding carboxylic acids is 1. The molecule has 1 aliphatic rings. The van der Waals surface area contributed by atoms with E-state index in [1.807, 2.05) is 31.5 Å². The summed E-state index contributed by atoms with van der Waals surface area (Å²) in [6.45, 7) is 22.3. The summed E-state index contributed by atoms with van der Waals surface area (Å²) in [6, 6.07) is 4.53. The fraction of sp³-hybridized carbons (Fsp3) is 0.759. The van der Waals surface area contributed by atoms with Gasteiger partial charge in [-0.15, -0.1) is 0 Å². The molecule has 0 aromatic carbocycles. The Bertz CT molecular complexity index is 1110. The lowest BCUT2D eigenvalue weighted by Gasteiger charge is -2.31. The lowest BCUT2D eigenvalue weighted by molar-refractivity contribution is 0.0491. The molecule has 1 aliphatic carbocycles. The number of carbonyl (C=O) groups is 1. The zero-order valence-electron chi connectivity index (χ0n) is 26.7. The number of alkyl carbamates (subject to hydrolysis) is 1. The highest BCUT2D eigenvalue weighted by Crippen LogP contribution is 2.34. The molecule has 1 saturated carbocycles. The number of rotatable bonds is 13. The number of anilines is 1. The van der Waals surface area contributed by atoms with E-state index in [9.17, 15) is 4.79 Å². The van der Waals surface area contributed by atoms with Crippen molar-refractivity contribution in [1.29, 1.82) is 0 Å².